The van der Waals surface area contributed by atoms with Crippen molar-refractivity contribution in [3.8, 4) is 0 Å². The van der Waals surface area contributed by atoms with Crippen molar-refractivity contribution in [1.29, 1.82) is 0 Å². The molecule has 0 aliphatic heterocycles. The smallest absolute Gasteiger partial charge is 0.310 e. The molecule has 0 heterocycles. The van der Waals surface area contributed by atoms with E-state index in [2.05, 4.69) is 15.9 Å². The van der Waals surface area contributed by atoms with Gasteiger partial charge in [0.15, 0.2) is 0 Å². The molecule has 2 N–H and O–H groups in total. The van der Waals surface area contributed by atoms with Crippen LogP contribution in [0.15, 0.2) is 28.7 Å². The number of benzene rings is 1. The Bertz CT molecular complexity index is 341. The maximum absolute atomic E-state index is 11.3. The molecular formula is C11H14BrNO2. The first-order chi connectivity index (χ1) is 7.13. The lowest BCUT2D eigenvalue weighted by molar-refractivity contribution is -0.148. The number of halogens is 1. The molecule has 15 heavy (non-hydrogen) atoms. The van der Waals surface area contributed by atoms with Crippen molar-refractivity contribution in [2.45, 2.75) is 13.5 Å². The first-order valence-electron chi connectivity index (χ1n) is 4.74. The Morgan fingerprint density at radius 1 is 1.60 bits per heavy atom. The van der Waals surface area contributed by atoms with Crippen molar-refractivity contribution in [2.24, 2.45) is 11.7 Å². The lowest BCUT2D eigenvalue weighted by atomic mass is 10.2. The number of rotatable bonds is 4. The SMILES string of the molecule is CC(CN)C(=O)OCc1cccc(Br)c1. The molecule has 0 aliphatic rings. The van der Waals surface area contributed by atoms with Crippen molar-refractivity contribution in [2.75, 3.05) is 6.54 Å². The number of hydrogen-bond acceptors (Lipinski definition) is 3. The third-order valence-electron chi connectivity index (χ3n) is 2.03. The van der Waals surface area contributed by atoms with Crippen LogP contribution in [0.1, 0.15) is 12.5 Å². The zero-order valence-electron chi connectivity index (χ0n) is 8.57. The average Bonchev–Trinajstić information content (AvgIpc) is 2.25. The Morgan fingerprint density at radius 2 is 2.33 bits per heavy atom. The maximum Gasteiger partial charge on any atom is 0.310 e. The number of carbonyl (C=O) groups excluding carboxylic acids is 1. The van der Waals surface area contributed by atoms with Gasteiger partial charge in [-0.1, -0.05) is 35.0 Å². The number of nitrogens with two attached hydrogens (primary N) is 1. The fraction of sp³-hybridized carbons (Fsp3) is 0.364. The molecule has 0 fully saturated rings. The maximum atomic E-state index is 11.3. The van der Waals surface area contributed by atoms with E-state index in [4.69, 9.17) is 10.5 Å². The average molecular weight is 272 g/mol. The third kappa shape index (κ3) is 4.01. The Labute approximate surface area is 97.7 Å². The van der Waals surface area contributed by atoms with Crippen LogP contribution in [0.25, 0.3) is 0 Å². The molecule has 0 amide bonds. The first-order valence-corrected chi connectivity index (χ1v) is 5.54. The Kier molecular flexibility index (Phi) is 4.78. The van der Waals surface area contributed by atoms with Gasteiger partial charge in [-0.2, -0.15) is 0 Å². The first kappa shape index (κ1) is 12.2. The van der Waals surface area contributed by atoms with Crippen LogP contribution < -0.4 is 5.73 Å². The summed E-state index contributed by atoms with van der Waals surface area (Å²) in [5.74, 6) is -0.491. The van der Waals surface area contributed by atoms with Crippen LogP contribution in [-0.4, -0.2) is 12.5 Å². The van der Waals surface area contributed by atoms with Gasteiger partial charge in [-0.05, 0) is 17.7 Å². The zero-order chi connectivity index (χ0) is 11.3. The van der Waals surface area contributed by atoms with Crippen LogP contribution >= 0.6 is 15.9 Å². The van der Waals surface area contributed by atoms with Crippen LogP contribution in [0.4, 0.5) is 0 Å². The highest BCUT2D eigenvalue weighted by atomic mass is 79.9. The molecule has 0 saturated heterocycles. The standard InChI is InChI=1S/C11H14BrNO2/c1-8(6-13)11(14)15-7-9-3-2-4-10(12)5-9/h2-5,8H,6-7,13H2,1H3. The lowest BCUT2D eigenvalue weighted by Gasteiger charge is -2.09. The van der Waals surface area contributed by atoms with Crippen LogP contribution in [0.3, 0.4) is 0 Å². The van der Waals surface area contributed by atoms with Gasteiger partial charge in [0.1, 0.15) is 6.61 Å². The molecule has 0 aliphatic carbocycles. The molecule has 1 aromatic carbocycles. The van der Waals surface area contributed by atoms with Gasteiger partial charge in [0.2, 0.25) is 0 Å². The topological polar surface area (TPSA) is 52.3 Å². The normalized spacial score (nSPS) is 12.2. The molecule has 1 aromatic rings. The van der Waals surface area contributed by atoms with Gasteiger partial charge >= 0.3 is 5.97 Å². The van der Waals surface area contributed by atoms with Crippen molar-refractivity contribution in [1.82, 2.24) is 0 Å². The fourth-order valence-electron chi connectivity index (χ4n) is 1.02. The van der Waals surface area contributed by atoms with E-state index in [0.717, 1.165) is 10.0 Å². The van der Waals surface area contributed by atoms with E-state index in [1.807, 2.05) is 24.3 Å². The van der Waals surface area contributed by atoms with Crippen molar-refractivity contribution < 1.29 is 9.53 Å². The van der Waals surface area contributed by atoms with Gasteiger partial charge in [-0.15, -0.1) is 0 Å². The minimum Gasteiger partial charge on any atom is -0.461 e. The molecule has 0 spiro atoms. The van der Waals surface area contributed by atoms with E-state index < -0.39 is 0 Å². The molecule has 1 atom stereocenters. The molecular weight excluding hydrogens is 258 g/mol. The summed E-state index contributed by atoms with van der Waals surface area (Å²) in [5.41, 5.74) is 6.32. The van der Waals surface area contributed by atoms with Gasteiger partial charge in [0, 0.05) is 11.0 Å². The van der Waals surface area contributed by atoms with E-state index in [1.54, 1.807) is 6.92 Å². The second kappa shape index (κ2) is 5.88. The monoisotopic (exact) mass is 271 g/mol. The lowest BCUT2D eigenvalue weighted by Crippen LogP contribution is -2.22. The van der Waals surface area contributed by atoms with E-state index >= 15 is 0 Å². The summed E-state index contributed by atoms with van der Waals surface area (Å²) in [5, 5.41) is 0. The van der Waals surface area contributed by atoms with E-state index in [0.29, 0.717) is 13.2 Å². The van der Waals surface area contributed by atoms with Crippen LogP contribution in [-0.2, 0) is 16.1 Å². The Hall–Kier alpha value is -0.870. The van der Waals surface area contributed by atoms with Crippen molar-refractivity contribution in [3.63, 3.8) is 0 Å². The van der Waals surface area contributed by atoms with E-state index in [9.17, 15) is 4.79 Å². The van der Waals surface area contributed by atoms with Crippen molar-refractivity contribution in [3.05, 3.63) is 34.3 Å². The van der Waals surface area contributed by atoms with E-state index in [-0.39, 0.29) is 11.9 Å². The highest BCUT2D eigenvalue weighted by Gasteiger charge is 2.11. The minimum atomic E-state index is -0.252. The predicted octanol–water partition coefficient (Wildman–Crippen LogP) is 2.09. The quantitative estimate of drug-likeness (QED) is 0.854. The van der Waals surface area contributed by atoms with Crippen LogP contribution in [0, 0.1) is 5.92 Å². The molecule has 0 aromatic heterocycles. The molecule has 4 heteroatoms. The predicted molar refractivity (Wildman–Crippen MR) is 62.2 cm³/mol. The van der Waals surface area contributed by atoms with Gasteiger partial charge < -0.3 is 10.5 Å². The summed E-state index contributed by atoms with van der Waals surface area (Å²) in [6, 6.07) is 7.65. The van der Waals surface area contributed by atoms with Crippen LogP contribution in [0.2, 0.25) is 0 Å². The number of hydrogen-bond donors (Lipinski definition) is 1. The van der Waals surface area contributed by atoms with Gasteiger partial charge in [0.25, 0.3) is 0 Å². The molecule has 0 saturated carbocycles. The van der Waals surface area contributed by atoms with Gasteiger partial charge in [0.05, 0.1) is 5.92 Å². The highest BCUT2D eigenvalue weighted by molar-refractivity contribution is 9.10. The summed E-state index contributed by atoms with van der Waals surface area (Å²) in [7, 11) is 0. The largest absolute Gasteiger partial charge is 0.461 e. The van der Waals surface area contributed by atoms with Crippen molar-refractivity contribution >= 4 is 21.9 Å². The van der Waals surface area contributed by atoms with Crippen LogP contribution in [0.5, 0.6) is 0 Å². The summed E-state index contributed by atoms with van der Waals surface area (Å²) >= 11 is 3.35. The molecule has 1 unspecified atom stereocenters. The second-order valence-electron chi connectivity index (χ2n) is 3.37. The fourth-order valence-corrected chi connectivity index (χ4v) is 1.47. The molecule has 0 bridgehead atoms. The van der Waals surface area contributed by atoms with E-state index in [1.165, 1.54) is 0 Å². The summed E-state index contributed by atoms with van der Waals surface area (Å²) in [6.45, 7) is 2.36. The summed E-state index contributed by atoms with van der Waals surface area (Å²) in [6.07, 6.45) is 0. The number of carbonyl (C=O) groups is 1. The molecule has 3 nitrogen and oxygen atoms in total. The Balaban J connectivity index is 2.47. The number of ether oxygens (including phenoxy) is 1. The van der Waals surface area contributed by atoms with Gasteiger partial charge in [-0.25, -0.2) is 0 Å². The summed E-state index contributed by atoms with van der Waals surface area (Å²) < 4.78 is 6.07. The van der Waals surface area contributed by atoms with Gasteiger partial charge in [-0.3, -0.25) is 4.79 Å². The highest BCUT2D eigenvalue weighted by Crippen LogP contribution is 2.12. The third-order valence-corrected chi connectivity index (χ3v) is 2.52. The Morgan fingerprint density at radius 3 is 2.93 bits per heavy atom. The molecule has 1 rings (SSSR count). The summed E-state index contributed by atoms with van der Waals surface area (Å²) in [4.78, 5) is 11.3. The zero-order valence-corrected chi connectivity index (χ0v) is 10.2. The number of esters is 1. The second-order valence-corrected chi connectivity index (χ2v) is 4.29. The molecule has 82 valence electrons. The molecule has 0 radical (unpaired) electrons. The minimum absolute atomic E-state index is 0.239.